The first-order valence-electron chi connectivity index (χ1n) is 7.27. The second kappa shape index (κ2) is 6.29. The van der Waals surface area contributed by atoms with E-state index in [2.05, 4.69) is 9.71 Å². The molecule has 124 valence electrons. The van der Waals surface area contributed by atoms with Gasteiger partial charge in [-0.15, -0.1) is 0 Å². The largest absolute Gasteiger partial charge is 0.495 e. The van der Waals surface area contributed by atoms with Gasteiger partial charge >= 0.3 is 0 Å². The van der Waals surface area contributed by atoms with Crippen LogP contribution in [0.1, 0.15) is 30.5 Å². The maximum absolute atomic E-state index is 12.9. The van der Waals surface area contributed by atoms with Gasteiger partial charge in [0.1, 0.15) is 10.6 Å². The third kappa shape index (κ3) is 3.71. The molecule has 0 bridgehead atoms. The maximum Gasteiger partial charge on any atom is 0.245 e. The number of nitrogens with one attached hydrogen (secondary N) is 1. The van der Waals surface area contributed by atoms with E-state index in [0.717, 1.165) is 16.7 Å². The summed E-state index contributed by atoms with van der Waals surface area (Å²) in [6.07, 6.45) is 3.31. The Bertz CT molecular complexity index is 800. The molecule has 5 nitrogen and oxygen atoms in total. The number of ether oxygens (including phenoxy) is 1. The number of nitrogens with zero attached hydrogens (tertiary/aromatic N) is 1. The number of rotatable bonds is 5. The van der Waals surface area contributed by atoms with E-state index in [1.807, 2.05) is 19.9 Å². The van der Waals surface area contributed by atoms with E-state index in [4.69, 9.17) is 4.74 Å². The quantitative estimate of drug-likeness (QED) is 0.913. The first-order chi connectivity index (χ1) is 10.7. The van der Waals surface area contributed by atoms with E-state index < -0.39 is 15.6 Å². The third-order valence-corrected chi connectivity index (χ3v) is 5.52. The molecule has 1 heterocycles. The van der Waals surface area contributed by atoms with Crippen LogP contribution < -0.4 is 9.46 Å². The van der Waals surface area contributed by atoms with Crippen molar-refractivity contribution >= 4 is 10.0 Å². The number of aryl methyl sites for hydroxylation is 2. The van der Waals surface area contributed by atoms with E-state index in [0.29, 0.717) is 5.75 Å². The average Bonchev–Trinajstić information content (AvgIpc) is 2.49. The summed E-state index contributed by atoms with van der Waals surface area (Å²) in [5, 5.41) is 0. The molecule has 0 amide bonds. The van der Waals surface area contributed by atoms with Gasteiger partial charge in [0.15, 0.2) is 0 Å². The fraction of sp³-hybridized carbons (Fsp3) is 0.353. The van der Waals surface area contributed by atoms with Gasteiger partial charge in [0.2, 0.25) is 10.0 Å². The number of aromatic nitrogens is 1. The molecule has 0 radical (unpaired) electrons. The van der Waals surface area contributed by atoms with Crippen molar-refractivity contribution in [2.24, 2.45) is 0 Å². The van der Waals surface area contributed by atoms with Crippen LogP contribution in [-0.4, -0.2) is 20.5 Å². The minimum atomic E-state index is -3.75. The van der Waals surface area contributed by atoms with Gasteiger partial charge in [0.05, 0.1) is 12.6 Å². The van der Waals surface area contributed by atoms with Crippen LogP contribution in [0.15, 0.2) is 41.6 Å². The van der Waals surface area contributed by atoms with Crippen LogP contribution in [0.25, 0.3) is 0 Å². The van der Waals surface area contributed by atoms with Gasteiger partial charge in [-0.3, -0.25) is 4.98 Å². The van der Waals surface area contributed by atoms with Gasteiger partial charge < -0.3 is 4.74 Å². The summed E-state index contributed by atoms with van der Waals surface area (Å²) in [4.78, 5) is 4.19. The van der Waals surface area contributed by atoms with E-state index in [-0.39, 0.29) is 4.90 Å². The first-order valence-corrected chi connectivity index (χ1v) is 8.75. The van der Waals surface area contributed by atoms with Crippen LogP contribution in [0.4, 0.5) is 0 Å². The van der Waals surface area contributed by atoms with Crippen molar-refractivity contribution < 1.29 is 13.2 Å². The number of methoxy groups -OCH3 is 1. The lowest BCUT2D eigenvalue weighted by Crippen LogP contribution is -2.41. The van der Waals surface area contributed by atoms with Crippen molar-refractivity contribution in [1.29, 1.82) is 0 Å². The Morgan fingerprint density at radius 2 is 1.83 bits per heavy atom. The highest BCUT2D eigenvalue weighted by molar-refractivity contribution is 7.89. The Kier molecular flexibility index (Phi) is 4.77. The molecule has 1 aromatic heterocycles. The van der Waals surface area contributed by atoms with Gasteiger partial charge in [-0.05, 0) is 62.6 Å². The Labute approximate surface area is 137 Å². The van der Waals surface area contributed by atoms with Gasteiger partial charge in [0.25, 0.3) is 0 Å². The molecule has 0 fully saturated rings. The van der Waals surface area contributed by atoms with E-state index in [1.54, 1.807) is 44.4 Å². The molecule has 0 spiro atoms. The van der Waals surface area contributed by atoms with Crippen molar-refractivity contribution in [2.45, 2.75) is 38.1 Å². The van der Waals surface area contributed by atoms with Crippen molar-refractivity contribution in [3.8, 4) is 5.75 Å². The number of pyridine rings is 1. The summed E-state index contributed by atoms with van der Waals surface area (Å²) in [7, 11) is -2.28. The van der Waals surface area contributed by atoms with Crippen LogP contribution in [0.5, 0.6) is 5.75 Å². The lowest BCUT2D eigenvalue weighted by Gasteiger charge is -2.26. The van der Waals surface area contributed by atoms with Crippen LogP contribution in [-0.2, 0) is 15.6 Å². The minimum absolute atomic E-state index is 0.139. The van der Waals surface area contributed by atoms with Crippen molar-refractivity contribution in [1.82, 2.24) is 9.71 Å². The minimum Gasteiger partial charge on any atom is -0.495 e. The van der Waals surface area contributed by atoms with E-state index in [9.17, 15) is 8.42 Å². The highest BCUT2D eigenvalue weighted by Gasteiger charge is 2.30. The van der Waals surface area contributed by atoms with Crippen LogP contribution in [0.3, 0.4) is 0 Å². The lowest BCUT2D eigenvalue weighted by atomic mass is 9.98. The van der Waals surface area contributed by atoms with Crippen molar-refractivity contribution in [3.63, 3.8) is 0 Å². The fourth-order valence-corrected chi connectivity index (χ4v) is 3.95. The highest BCUT2D eigenvalue weighted by atomic mass is 32.2. The normalized spacial score (nSPS) is 12.2. The number of hydrogen-bond acceptors (Lipinski definition) is 4. The molecular weight excluding hydrogens is 312 g/mol. The van der Waals surface area contributed by atoms with Crippen LogP contribution in [0, 0.1) is 13.8 Å². The molecule has 2 rings (SSSR count). The topological polar surface area (TPSA) is 68.3 Å². The molecule has 6 heteroatoms. The second-order valence-electron chi connectivity index (χ2n) is 6.06. The molecule has 1 aromatic carbocycles. The molecule has 2 aromatic rings. The monoisotopic (exact) mass is 334 g/mol. The maximum atomic E-state index is 12.9. The van der Waals surface area contributed by atoms with E-state index in [1.165, 1.54) is 7.11 Å². The zero-order chi connectivity index (χ0) is 17.3. The lowest BCUT2D eigenvalue weighted by molar-refractivity contribution is 0.400. The SMILES string of the molecule is COc1cc(C)c(C)cc1S(=O)(=O)NC(C)(C)c1cccnc1. The van der Waals surface area contributed by atoms with Crippen molar-refractivity contribution in [3.05, 3.63) is 53.3 Å². The summed E-state index contributed by atoms with van der Waals surface area (Å²) in [5.41, 5.74) is 1.86. The molecule has 0 aliphatic rings. The predicted molar refractivity (Wildman–Crippen MR) is 90.1 cm³/mol. The first kappa shape index (κ1) is 17.4. The second-order valence-corrected chi connectivity index (χ2v) is 7.71. The smallest absolute Gasteiger partial charge is 0.245 e. The molecule has 0 unspecified atom stereocenters. The Hall–Kier alpha value is -1.92. The Morgan fingerprint density at radius 3 is 2.39 bits per heavy atom. The number of hydrogen-bond donors (Lipinski definition) is 1. The summed E-state index contributed by atoms with van der Waals surface area (Å²) in [6.45, 7) is 7.39. The molecule has 0 atom stereocenters. The molecule has 0 saturated heterocycles. The summed E-state index contributed by atoms with van der Waals surface area (Å²) in [6, 6.07) is 6.99. The predicted octanol–water partition coefficient (Wildman–Crippen LogP) is 2.92. The zero-order valence-corrected chi connectivity index (χ0v) is 14.9. The van der Waals surface area contributed by atoms with Gasteiger partial charge in [0, 0.05) is 12.4 Å². The Morgan fingerprint density at radius 1 is 1.17 bits per heavy atom. The van der Waals surface area contributed by atoms with Gasteiger partial charge in [-0.25, -0.2) is 13.1 Å². The zero-order valence-electron chi connectivity index (χ0n) is 14.0. The van der Waals surface area contributed by atoms with E-state index >= 15 is 0 Å². The van der Waals surface area contributed by atoms with Gasteiger partial charge in [-0.2, -0.15) is 0 Å². The molecule has 23 heavy (non-hydrogen) atoms. The van der Waals surface area contributed by atoms with Crippen LogP contribution in [0.2, 0.25) is 0 Å². The summed E-state index contributed by atoms with van der Waals surface area (Å²) in [5.74, 6) is 0.336. The fourth-order valence-electron chi connectivity index (χ4n) is 2.32. The molecule has 0 aliphatic heterocycles. The molecule has 0 aliphatic carbocycles. The van der Waals surface area contributed by atoms with Crippen LogP contribution >= 0.6 is 0 Å². The van der Waals surface area contributed by atoms with Gasteiger partial charge in [-0.1, -0.05) is 6.07 Å². The molecule has 0 saturated carbocycles. The summed E-state index contributed by atoms with van der Waals surface area (Å²) < 4.78 is 33.7. The summed E-state index contributed by atoms with van der Waals surface area (Å²) >= 11 is 0. The average molecular weight is 334 g/mol. The number of sulfonamides is 1. The third-order valence-electron chi connectivity index (χ3n) is 3.84. The molecule has 1 N–H and O–H groups in total. The van der Waals surface area contributed by atoms with Crippen molar-refractivity contribution in [2.75, 3.05) is 7.11 Å². The Balaban J connectivity index is 2.46. The highest BCUT2D eigenvalue weighted by Crippen LogP contribution is 2.30. The standard InChI is InChI=1S/C17H22N2O3S/c1-12-9-15(22-5)16(10-13(12)2)23(20,21)19-17(3,4)14-7-6-8-18-11-14/h6-11,19H,1-5H3. The molecular formula is C17H22N2O3S. The number of benzene rings is 1.